The Morgan fingerprint density at radius 1 is 1.00 bits per heavy atom. The minimum atomic E-state index is -0.243. The van der Waals surface area contributed by atoms with Crippen LogP contribution < -0.4 is 15.4 Å². The number of carbonyl (C=O) groups excluding carboxylic acids is 2. The molecule has 0 spiro atoms. The molecule has 2 rings (SSSR count). The van der Waals surface area contributed by atoms with Crippen LogP contribution in [0.3, 0.4) is 0 Å². The zero-order valence-electron chi connectivity index (χ0n) is 13.3. The number of hydrogen-bond acceptors (Lipinski definition) is 3. The quantitative estimate of drug-likeness (QED) is 0.757. The van der Waals surface area contributed by atoms with Crippen molar-refractivity contribution in [3.63, 3.8) is 0 Å². The van der Waals surface area contributed by atoms with E-state index in [1.807, 2.05) is 18.2 Å². The van der Waals surface area contributed by atoms with Gasteiger partial charge < -0.3 is 15.4 Å². The van der Waals surface area contributed by atoms with Crippen LogP contribution in [0.1, 0.15) is 22.8 Å². The molecule has 0 saturated heterocycles. The molecule has 0 aromatic heterocycles. The summed E-state index contributed by atoms with van der Waals surface area (Å²) in [6.07, 6.45) is 0. The lowest BCUT2D eigenvalue weighted by Crippen LogP contribution is -2.33. The molecule has 5 nitrogen and oxygen atoms in total. The Bertz CT molecular complexity index is 702. The zero-order chi connectivity index (χ0) is 17.4. The van der Waals surface area contributed by atoms with Gasteiger partial charge in [-0.15, -0.1) is 0 Å². The molecule has 0 aliphatic carbocycles. The van der Waals surface area contributed by atoms with Crippen LogP contribution in [0.4, 0.5) is 0 Å². The summed E-state index contributed by atoms with van der Waals surface area (Å²) < 4.78 is 5.76. The first-order chi connectivity index (χ1) is 11.6. The van der Waals surface area contributed by atoms with E-state index in [0.29, 0.717) is 36.0 Å². The van der Waals surface area contributed by atoms with Crippen molar-refractivity contribution in [2.45, 2.75) is 13.5 Å². The van der Waals surface area contributed by atoms with Gasteiger partial charge in [0.1, 0.15) is 12.4 Å². The highest BCUT2D eigenvalue weighted by atomic mass is 35.5. The van der Waals surface area contributed by atoms with Gasteiger partial charge in [-0.3, -0.25) is 9.59 Å². The van der Waals surface area contributed by atoms with Crippen LogP contribution in [0.25, 0.3) is 0 Å². The molecule has 6 heteroatoms. The molecule has 126 valence electrons. The number of benzene rings is 2. The highest BCUT2D eigenvalue weighted by molar-refractivity contribution is 6.30. The van der Waals surface area contributed by atoms with E-state index in [4.69, 9.17) is 16.3 Å². The Hall–Kier alpha value is -2.53. The van der Waals surface area contributed by atoms with Gasteiger partial charge >= 0.3 is 0 Å². The Kier molecular flexibility index (Phi) is 6.63. The van der Waals surface area contributed by atoms with Crippen molar-refractivity contribution in [2.75, 3.05) is 13.1 Å². The molecular formula is C18H19ClN2O3. The number of para-hydroxylation sites is 1. The van der Waals surface area contributed by atoms with Gasteiger partial charge in [-0.2, -0.15) is 0 Å². The van der Waals surface area contributed by atoms with Crippen molar-refractivity contribution < 1.29 is 14.3 Å². The zero-order valence-corrected chi connectivity index (χ0v) is 14.1. The molecule has 2 aromatic rings. The third-order valence-corrected chi connectivity index (χ3v) is 3.48. The van der Waals surface area contributed by atoms with Gasteiger partial charge in [0.15, 0.2) is 0 Å². The van der Waals surface area contributed by atoms with Crippen molar-refractivity contribution in [3.05, 3.63) is 64.7 Å². The molecule has 0 saturated carbocycles. The van der Waals surface area contributed by atoms with Crippen LogP contribution >= 0.6 is 11.6 Å². The highest BCUT2D eigenvalue weighted by Crippen LogP contribution is 2.20. The molecule has 0 bridgehead atoms. The molecule has 2 amide bonds. The summed E-state index contributed by atoms with van der Waals surface area (Å²) in [5.74, 6) is 0.132. The summed E-state index contributed by atoms with van der Waals surface area (Å²) in [6.45, 7) is 2.51. The second-order valence-electron chi connectivity index (χ2n) is 5.15. The number of halogens is 1. The summed E-state index contributed by atoms with van der Waals surface area (Å²) >= 11 is 5.86. The molecule has 2 N–H and O–H groups in total. The predicted molar refractivity (Wildman–Crippen MR) is 93.2 cm³/mol. The third kappa shape index (κ3) is 5.59. The number of rotatable bonds is 7. The van der Waals surface area contributed by atoms with Crippen molar-refractivity contribution in [1.29, 1.82) is 0 Å². The number of amides is 2. The number of nitrogens with one attached hydrogen (secondary N) is 2. The molecule has 2 aromatic carbocycles. The summed E-state index contributed by atoms with van der Waals surface area (Å²) in [6, 6.07) is 14.4. The monoisotopic (exact) mass is 346 g/mol. The molecule has 0 unspecified atom stereocenters. The maximum atomic E-state index is 12.2. The van der Waals surface area contributed by atoms with E-state index in [-0.39, 0.29) is 11.8 Å². The highest BCUT2D eigenvalue weighted by Gasteiger charge is 2.11. The van der Waals surface area contributed by atoms with Crippen LogP contribution in [0.5, 0.6) is 5.75 Å². The fourth-order valence-electron chi connectivity index (χ4n) is 2.03. The van der Waals surface area contributed by atoms with E-state index >= 15 is 0 Å². The van der Waals surface area contributed by atoms with Gasteiger partial charge in [0.2, 0.25) is 5.91 Å². The minimum Gasteiger partial charge on any atom is -0.488 e. The fraction of sp³-hybridized carbons (Fsp3) is 0.222. The Morgan fingerprint density at radius 3 is 2.38 bits per heavy atom. The fourth-order valence-corrected chi connectivity index (χ4v) is 2.16. The lowest BCUT2D eigenvalue weighted by molar-refractivity contribution is -0.118. The van der Waals surface area contributed by atoms with Crippen molar-refractivity contribution in [1.82, 2.24) is 10.6 Å². The first-order valence-electron chi connectivity index (χ1n) is 7.55. The molecule has 0 heterocycles. The van der Waals surface area contributed by atoms with E-state index in [0.717, 1.165) is 5.56 Å². The summed E-state index contributed by atoms with van der Waals surface area (Å²) in [5.41, 5.74) is 1.41. The smallest absolute Gasteiger partial charge is 0.255 e. The normalized spacial score (nSPS) is 10.1. The molecule has 0 aliphatic rings. The van der Waals surface area contributed by atoms with Gasteiger partial charge in [0, 0.05) is 25.0 Å². The molecule has 24 heavy (non-hydrogen) atoms. The molecular weight excluding hydrogens is 328 g/mol. The first kappa shape index (κ1) is 17.8. The Balaban J connectivity index is 1.94. The lowest BCUT2D eigenvalue weighted by Gasteiger charge is -2.12. The predicted octanol–water partition coefficient (Wildman–Crippen LogP) is 2.78. The maximum absolute atomic E-state index is 12.2. The van der Waals surface area contributed by atoms with E-state index in [1.54, 1.807) is 30.3 Å². The standard InChI is InChI=1S/C18H19ClN2O3/c1-13(22)20-10-11-21-18(23)16-4-2-3-5-17(16)24-12-14-6-8-15(19)9-7-14/h2-9H,10-12H2,1H3,(H,20,22)(H,21,23). The topological polar surface area (TPSA) is 67.4 Å². The third-order valence-electron chi connectivity index (χ3n) is 3.22. The van der Waals surface area contributed by atoms with Crippen LogP contribution in [-0.4, -0.2) is 24.9 Å². The van der Waals surface area contributed by atoms with Crippen LogP contribution in [0.15, 0.2) is 48.5 Å². The SMILES string of the molecule is CC(=O)NCCNC(=O)c1ccccc1OCc1ccc(Cl)cc1. The van der Waals surface area contributed by atoms with Crippen molar-refractivity contribution in [3.8, 4) is 5.75 Å². The maximum Gasteiger partial charge on any atom is 0.255 e. The van der Waals surface area contributed by atoms with E-state index < -0.39 is 0 Å². The summed E-state index contributed by atoms with van der Waals surface area (Å²) in [5, 5.41) is 6.04. The number of hydrogen-bond donors (Lipinski definition) is 2. The van der Waals surface area contributed by atoms with Crippen molar-refractivity contribution >= 4 is 23.4 Å². The second-order valence-corrected chi connectivity index (χ2v) is 5.59. The Morgan fingerprint density at radius 2 is 1.67 bits per heavy atom. The average Bonchev–Trinajstić information content (AvgIpc) is 2.58. The molecule has 0 radical (unpaired) electrons. The largest absolute Gasteiger partial charge is 0.488 e. The van der Waals surface area contributed by atoms with Gasteiger partial charge in [0.05, 0.1) is 5.56 Å². The lowest BCUT2D eigenvalue weighted by atomic mass is 10.2. The first-order valence-corrected chi connectivity index (χ1v) is 7.93. The molecule has 0 fully saturated rings. The van der Waals surface area contributed by atoms with Gasteiger partial charge in [-0.25, -0.2) is 0 Å². The number of ether oxygens (including phenoxy) is 1. The van der Waals surface area contributed by atoms with E-state index in [1.165, 1.54) is 6.92 Å². The summed E-state index contributed by atoms with van der Waals surface area (Å²) in [4.78, 5) is 23.0. The van der Waals surface area contributed by atoms with Crippen molar-refractivity contribution in [2.24, 2.45) is 0 Å². The van der Waals surface area contributed by atoms with Crippen LogP contribution in [0, 0.1) is 0 Å². The Labute approximate surface area is 146 Å². The van der Waals surface area contributed by atoms with Crippen LogP contribution in [-0.2, 0) is 11.4 Å². The van der Waals surface area contributed by atoms with Crippen LogP contribution in [0.2, 0.25) is 5.02 Å². The van der Waals surface area contributed by atoms with E-state index in [2.05, 4.69) is 10.6 Å². The summed E-state index contributed by atoms with van der Waals surface area (Å²) in [7, 11) is 0. The number of carbonyl (C=O) groups is 2. The van der Waals surface area contributed by atoms with Gasteiger partial charge in [0.25, 0.3) is 5.91 Å². The van der Waals surface area contributed by atoms with E-state index in [9.17, 15) is 9.59 Å². The minimum absolute atomic E-state index is 0.129. The van der Waals surface area contributed by atoms with Gasteiger partial charge in [-0.05, 0) is 29.8 Å². The second kappa shape index (κ2) is 8.93. The molecule has 0 atom stereocenters. The molecule has 0 aliphatic heterocycles. The van der Waals surface area contributed by atoms with Gasteiger partial charge in [-0.1, -0.05) is 35.9 Å². The average molecular weight is 347 g/mol.